The number of amides is 1. The summed E-state index contributed by atoms with van der Waals surface area (Å²) in [5.74, 6) is 0.309. The predicted octanol–water partition coefficient (Wildman–Crippen LogP) is 1.71. The summed E-state index contributed by atoms with van der Waals surface area (Å²) in [4.78, 5) is 16.5. The van der Waals surface area contributed by atoms with Crippen LogP contribution < -0.4 is 5.32 Å². The molecule has 2 atom stereocenters. The molecule has 1 aliphatic heterocycles. The van der Waals surface area contributed by atoms with Crippen molar-refractivity contribution >= 4 is 5.91 Å². The lowest BCUT2D eigenvalue weighted by Gasteiger charge is -2.31. The van der Waals surface area contributed by atoms with Crippen LogP contribution in [0, 0.1) is 0 Å². The minimum Gasteiger partial charge on any atom is -0.339 e. The van der Waals surface area contributed by atoms with Gasteiger partial charge < -0.3 is 15.1 Å². The zero-order chi connectivity index (χ0) is 14.3. The molecule has 19 heavy (non-hydrogen) atoms. The van der Waals surface area contributed by atoms with E-state index in [4.69, 9.17) is 0 Å². The van der Waals surface area contributed by atoms with Gasteiger partial charge in [0.25, 0.3) is 0 Å². The Labute approximate surface area is 118 Å². The molecule has 1 heterocycles. The Balaban J connectivity index is 2.35. The molecule has 1 amide bonds. The predicted molar refractivity (Wildman–Crippen MR) is 80.3 cm³/mol. The summed E-state index contributed by atoms with van der Waals surface area (Å²) in [6, 6.07) is 0.854. The van der Waals surface area contributed by atoms with Crippen LogP contribution in [0.1, 0.15) is 46.0 Å². The van der Waals surface area contributed by atoms with Crippen molar-refractivity contribution in [1.82, 2.24) is 15.1 Å². The second-order valence-electron chi connectivity index (χ2n) is 5.98. The lowest BCUT2D eigenvalue weighted by Crippen LogP contribution is -2.44. The first-order valence-electron chi connectivity index (χ1n) is 7.72. The average Bonchev–Trinajstić information content (AvgIpc) is 2.37. The highest BCUT2D eigenvalue weighted by Gasteiger charge is 2.20. The summed E-state index contributed by atoms with van der Waals surface area (Å²) in [5, 5.41) is 3.51. The van der Waals surface area contributed by atoms with Crippen LogP contribution in [-0.4, -0.2) is 61.5 Å². The molecule has 0 spiro atoms. The van der Waals surface area contributed by atoms with Crippen LogP contribution in [-0.2, 0) is 4.79 Å². The van der Waals surface area contributed by atoms with Gasteiger partial charge in [-0.1, -0.05) is 6.42 Å². The minimum atomic E-state index is 0.298. The molecular weight excluding hydrogens is 238 g/mol. The quantitative estimate of drug-likeness (QED) is 0.764. The number of rotatable bonds is 7. The van der Waals surface area contributed by atoms with Gasteiger partial charge in [0.1, 0.15) is 0 Å². The SMILES string of the molecule is CCN(C(=O)CCC1CCCCN1)C(C)CN(C)C. The normalized spacial score (nSPS) is 21.4. The minimum absolute atomic E-state index is 0.298. The zero-order valence-corrected chi connectivity index (χ0v) is 13.1. The van der Waals surface area contributed by atoms with Gasteiger partial charge in [-0.2, -0.15) is 0 Å². The van der Waals surface area contributed by atoms with Gasteiger partial charge in [0.2, 0.25) is 5.91 Å². The van der Waals surface area contributed by atoms with E-state index >= 15 is 0 Å². The van der Waals surface area contributed by atoms with Gasteiger partial charge in [0, 0.05) is 31.6 Å². The van der Waals surface area contributed by atoms with E-state index in [0.29, 0.717) is 24.4 Å². The van der Waals surface area contributed by atoms with E-state index in [-0.39, 0.29) is 0 Å². The molecular formula is C15H31N3O. The van der Waals surface area contributed by atoms with E-state index in [9.17, 15) is 4.79 Å². The first-order valence-corrected chi connectivity index (χ1v) is 7.72. The lowest BCUT2D eigenvalue weighted by molar-refractivity contribution is -0.133. The van der Waals surface area contributed by atoms with Crippen molar-refractivity contribution in [3.63, 3.8) is 0 Å². The Kier molecular flexibility index (Phi) is 7.39. The van der Waals surface area contributed by atoms with Crippen LogP contribution >= 0.6 is 0 Å². The summed E-state index contributed by atoms with van der Waals surface area (Å²) in [6.45, 7) is 7.07. The van der Waals surface area contributed by atoms with Crippen LogP contribution in [0.2, 0.25) is 0 Å². The maximum absolute atomic E-state index is 12.3. The smallest absolute Gasteiger partial charge is 0.222 e. The van der Waals surface area contributed by atoms with E-state index in [1.165, 1.54) is 19.3 Å². The molecule has 1 N–H and O–H groups in total. The number of nitrogens with zero attached hydrogens (tertiary/aromatic N) is 2. The van der Waals surface area contributed by atoms with Crippen LogP contribution in [0.25, 0.3) is 0 Å². The summed E-state index contributed by atoms with van der Waals surface area (Å²) < 4.78 is 0. The molecule has 112 valence electrons. The molecule has 1 aliphatic rings. The second kappa shape index (κ2) is 8.54. The Bertz CT molecular complexity index is 262. The molecule has 1 saturated heterocycles. The summed E-state index contributed by atoms with van der Waals surface area (Å²) in [6.07, 6.45) is 5.49. The van der Waals surface area contributed by atoms with Gasteiger partial charge in [-0.25, -0.2) is 0 Å². The van der Waals surface area contributed by atoms with E-state index in [0.717, 1.165) is 26.1 Å². The van der Waals surface area contributed by atoms with Gasteiger partial charge in [0.15, 0.2) is 0 Å². The highest BCUT2D eigenvalue weighted by atomic mass is 16.2. The third kappa shape index (κ3) is 5.91. The van der Waals surface area contributed by atoms with E-state index < -0.39 is 0 Å². The number of hydrogen-bond donors (Lipinski definition) is 1. The van der Waals surface area contributed by atoms with Crippen molar-refractivity contribution in [1.29, 1.82) is 0 Å². The summed E-state index contributed by atoms with van der Waals surface area (Å²) in [7, 11) is 4.11. The number of piperidine rings is 1. The average molecular weight is 269 g/mol. The topological polar surface area (TPSA) is 35.6 Å². The molecule has 1 rings (SSSR count). The second-order valence-corrected chi connectivity index (χ2v) is 5.98. The Morgan fingerprint density at radius 2 is 2.11 bits per heavy atom. The first kappa shape index (κ1) is 16.4. The van der Waals surface area contributed by atoms with Crippen molar-refractivity contribution in [2.45, 2.75) is 58.0 Å². The third-order valence-electron chi connectivity index (χ3n) is 3.94. The number of carbonyl (C=O) groups is 1. The van der Waals surface area contributed by atoms with Crippen LogP contribution in [0.3, 0.4) is 0 Å². The molecule has 4 heteroatoms. The molecule has 4 nitrogen and oxygen atoms in total. The Morgan fingerprint density at radius 1 is 1.37 bits per heavy atom. The standard InChI is InChI=1S/C15H31N3O/c1-5-18(13(2)12-17(3)4)15(19)10-9-14-8-6-7-11-16-14/h13-14,16H,5-12H2,1-4H3. The lowest BCUT2D eigenvalue weighted by atomic mass is 10.00. The maximum Gasteiger partial charge on any atom is 0.222 e. The van der Waals surface area contributed by atoms with Gasteiger partial charge in [0.05, 0.1) is 0 Å². The van der Waals surface area contributed by atoms with Gasteiger partial charge >= 0.3 is 0 Å². The fraction of sp³-hybridized carbons (Fsp3) is 0.933. The summed E-state index contributed by atoms with van der Waals surface area (Å²) >= 11 is 0. The number of hydrogen-bond acceptors (Lipinski definition) is 3. The van der Waals surface area contributed by atoms with E-state index in [1.807, 2.05) is 4.90 Å². The molecule has 2 unspecified atom stereocenters. The zero-order valence-electron chi connectivity index (χ0n) is 13.1. The number of nitrogens with one attached hydrogen (secondary N) is 1. The first-order chi connectivity index (χ1) is 9.04. The van der Waals surface area contributed by atoms with E-state index in [2.05, 4.69) is 38.2 Å². The molecule has 1 fully saturated rings. The monoisotopic (exact) mass is 269 g/mol. The van der Waals surface area contributed by atoms with Gasteiger partial charge in [-0.05, 0) is 53.8 Å². The van der Waals surface area contributed by atoms with Crippen molar-refractivity contribution in [3.8, 4) is 0 Å². The summed E-state index contributed by atoms with van der Waals surface area (Å²) in [5.41, 5.74) is 0. The van der Waals surface area contributed by atoms with E-state index in [1.54, 1.807) is 0 Å². The van der Waals surface area contributed by atoms with Gasteiger partial charge in [-0.15, -0.1) is 0 Å². The van der Waals surface area contributed by atoms with Crippen molar-refractivity contribution < 1.29 is 4.79 Å². The maximum atomic E-state index is 12.3. The van der Waals surface area contributed by atoms with Crippen molar-refractivity contribution in [2.24, 2.45) is 0 Å². The Hall–Kier alpha value is -0.610. The molecule has 0 aromatic carbocycles. The molecule has 0 radical (unpaired) electrons. The molecule has 0 saturated carbocycles. The van der Waals surface area contributed by atoms with Crippen LogP contribution in [0.4, 0.5) is 0 Å². The van der Waals surface area contributed by atoms with Crippen LogP contribution in [0.5, 0.6) is 0 Å². The molecule has 0 aromatic rings. The largest absolute Gasteiger partial charge is 0.339 e. The van der Waals surface area contributed by atoms with Gasteiger partial charge in [-0.3, -0.25) is 4.79 Å². The van der Waals surface area contributed by atoms with Crippen molar-refractivity contribution in [2.75, 3.05) is 33.7 Å². The highest BCUT2D eigenvalue weighted by molar-refractivity contribution is 5.76. The molecule has 0 aliphatic carbocycles. The van der Waals surface area contributed by atoms with Crippen molar-refractivity contribution in [3.05, 3.63) is 0 Å². The van der Waals surface area contributed by atoms with Crippen LogP contribution in [0.15, 0.2) is 0 Å². The fourth-order valence-electron chi connectivity index (χ4n) is 2.97. The number of likely N-dealkylation sites (N-methyl/N-ethyl adjacent to an activating group) is 2. The number of carbonyl (C=O) groups excluding carboxylic acids is 1. The highest BCUT2D eigenvalue weighted by Crippen LogP contribution is 2.13. The molecule has 0 aromatic heterocycles. The fourth-order valence-corrected chi connectivity index (χ4v) is 2.97. The third-order valence-corrected chi connectivity index (χ3v) is 3.94. The Morgan fingerprint density at radius 3 is 2.63 bits per heavy atom. The molecule has 0 bridgehead atoms.